The lowest BCUT2D eigenvalue weighted by Gasteiger charge is -2.28. The van der Waals surface area contributed by atoms with Gasteiger partial charge >= 0.3 is 0 Å². The van der Waals surface area contributed by atoms with Gasteiger partial charge in [0.05, 0.1) is 24.4 Å². The van der Waals surface area contributed by atoms with Gasteiger partial charge in [-0.05, 0) is 32.8 Å². The summed E-state index contributed by atoms with van der Waals surface area (Å²) in [6, 6.07) is 3.05. The van der Waals surface area contributed by atoms with Gasteiger partial charge in [-0.1, -0.05) is 0 Å². The van der Waals surface area contributed by atoms with Crippen molar-refractivity contribution in [1.29, 1.82) is 0 Å². The van der Waals surface area contributed by atoms with Crippen LogP contribution in [0.4, 0.5) is 0 Å². The molecular weight excluding hydrogens is 320 g/mol. The lowest BCUT2D eigenvalue weighted by molar-refractivity contribution is 0.137. The van der Waals surface area contributed by atoms with Gasteiger partial charge in [0.25, 0.3) is 0 Å². The van der Waals surface area contributed by atoms with Crippen molar-refractivity contribution in [2.45, 2.75) is 43.2 Å². The van der Waals surface area contributed by atoms with E-state index in [9.17, 15) is 8.42 Å². The highest BCUT2D eigenvalue weighted by molar-refractivity contribution is 7.89. The van der Waals surface area contributed by atoms with Gasteiger partial charge < -0.3 is 14.2 Å². The molecular formula is C15H24N2O5S. The molecule has 8 heteroatoms. The topological polar surface area (TPSA) is 86.8 Å². The molecule has 1 aromatic heterocycles. The van der Waals surface area contributed by atoms with Gasteiger partial charge in [-0.25, -0.2) is 18.1 Å². The molecule has 1 aliphatic heterocycles. The number of hydrogen-bond donors (Lipinski definition) is 1. The Hall–Kier alpha value is -1.22. The number of ether oxygens (including phenoxy) is 3. The van der Waals surface area contributed by atoms with E-state index in [1.807, 2.05) is 13.8 Å². The zero-order valence-corrected chi connectivity index (χ0v) is 14.6. The number of rotatable bonds is 8. The van der Waals surface area contributed by atoms with Crippen LogP contribution in [0.1, 0.15) is 26.7 Å². The molecule has 7 nitrogen and oxygen atoms in total. The van der Waals surface area contributed by atoms with E-state index in [4.69, 9.17) is 14.2 Å². The average molecular weight is 344 g/mol. The summed E-state index contributed by atoms with van der Waals surface area (Å²) in [5.41, 5.74) is -0.623. The Labute approximate surface area is 137 Å². The molecule has 1 unspecified atom stereocenters. The summed E-state index contributed by atoms with van der Waals surface area (Å²) in [4.78, 5) is 4.16. The molecule has 130 valence electrons. The smallest absolute Gasteiger partial charge is 0.242 e. The molecule has 2 rings (SSSR count). The van der Waals surface area contributed by atoms with Crippen LogP contribution in [0, 0.1) is 0 Å². The monoisotopic (exact) mass is 344 g/mol. The standard InChI is InChI=1S/C15H24N2O5S/c1-12(2)22-14-5-4-13(10-16-14)23(18,19)17-15(6-8-20-3)7-9-21-11-15/h4-5,10,12,17H,6-9,11H2,1-3H3. The van der Waals surface area contributed by atoms with Crippen LogP contribution in [0.15, 0.2) is 23.2 Å². The largest absolute Gasteiger partial charge is 0.475 e. The first kappa shape index (κ1) is 18.1. The molecule has 0 aromatic carbocycles. The highest BCUT2D eigenvalue weighted by Gasteiger charge is 2.38. The molecule has 1 atom stereocenters. The fourth-order valence-corrected chi connectivity index (χ4v) is 3.80. The summed E-state index contributed by atoms with van der Waals surface area (Å²) < 4.78 is 43.9. The number of nitrogens with zero attached hydrogens (tertiary/aromatic N) is 1. The molecule has 1 fully saturated rings. The van der Waals surface area contributed by atoms with E-state index in [2.05, 4.69) is 9.71 Å². The lowest BCUT2D eigenvalue weighted by atomic mass is 9.96. The number of nitrogens with one attached hydrogen (secondary N) is 1. The number of sulfonamides is 1. The summed E-state index contributed by atoms with van der Waals surface area (Å²) in [6.07, 6.45) is 2.47. The van der Waals surface area contributed by atoms with E-state index in [1.165, 1.54) is 12.3 Å². The van der Waals surface area contributed by atoms with Crippen LogP contribution in [0.3, 0.4) is 0 Å². The zero-order valence-electron chi connectivity index (χ0n) is 13.7. The zero-order chi connectivity index (χ0) is 16.9. The molecule has 0 bridgehead atoms. The van der Waals surface area contributed by atoms with Gasteiger partial charge in [-0.15, -0.1) is 0 Å². The van der Waals surface area contributed by atoms with Gasteiger partial charge in [0, 0.05) is 26.4 Å². The number of methoxy groups -OCH3 is 1. The second-order valence-corrected chi connectivity index (χ2v) is 7.61. The van der Waals surface area contributed by atoms with Crippen molar-refractivity contribution >= 4 is 10.0 Å². The molecule has 0 aliphatic carbocycles. The van der Waals surface area contributed by atoms with Crippen molar-refractivity contribution in [2.24, 2.45) is 0 Å². The quantitative estimate of drug-likeness (QED) is 0.766. The summed E-state index contributed by atoms with van der Waals surface area (Å²) in [5, 5.41) is 0. The predicted octanol–water partition coefficient (Wildman–Crippen LogP) is 1.34. The molecule has 1 aromatic rings. The normalized spacial score (nSPS) is 21.7. The first-order valence-electron chi connectivity index (χ1n) is 7.60. The first-order valence-corrected chi connectivity index (χ1v) is 9.09. The number of aromatic nitrogens is 1. The second kappa shape index (κ2) is 7.57. The Balaban J connectivity index is 2.13. The number of hydrogen-bond acceptors (Lipinski definition) is 6. The fraction of sp³-hybridized carbons (Fsp3) is 0.667. The van der Waals surface area contributed by atoms with E-state index in [0.29, 0.717) is 38.5 Å². The van der Waals surface area contributed by atoms with Crippen molar-refractivity contribution in [1.82, 2.24) is 9.71 Å². The van der Waals surface area contributed by atoms with Crippen molar-refractivity contribution in [3.63, 3.8) is 0 Å². The van der Waals surface area contributed by atoms with Gasteiger partial charge in [-0.2, -0.15) is 0 Å². The number of pyridine rings is 1. The van der Waals surface area contributed by atoms with E-state index in [0.717, 1.165) is 0 Å². The highest BCUT2D eigenvalue weighted by atomic mass is 32.2. The van der Waals surface area contributed by atoms with Crippen LogP contribution in [-0.2, 0) is 19.5 Å². The Morgan fingerprint density at radius 3 is 2.74 bits per heavy atom. The summed E-state index contributed by atoms with van der Waals surface area (Å²) in [7, 11) is -2.09. The SMILES string of the molecule is COCCC1(NS(=O)(=O)c2ccc(OC(C)C)nc2)CCOC1. The van der Waals surface area contributed by atoms with Gasteiger partial charge in [0.15, 0.2) is 0 Å². The van der Waals surface area contributed by atoms with Crippen LogP contribution >= 0.6 is 0 Å². The van der Waals surface area contributed by atoms with Gasteiger partial charge in [0.2, 0.25) is 15.9 Å². The van der Waals surface area contributed by atoms with Crippen molar-refractivity contribution in [3.8, 4) is 5.88 Å². The minimum absolute atomic E-state index is 0.0176. The fourth-order valence-electron chi connectivity index (χ4n) is 2.41. The van der Waals surface area contributed by atoms with Crippen LogP contribution in [-0.4, -0.2) is 52.0 Å². The minimum atomic E-state index is -3.68. The van der Waals surface area contributed by atoms with E-state index in [-0.39, 0.29) is 11.0 Å². The third-order valence-electron chi connectivity index (χ3n) is 3.61. The minimum Gasteiger partial charge on any atom is -0.475 e. The molecule has 0 saturated carbocycles. The summed E-state index contributed by atoms with van der Waals surface area (Å²) in [6.45, 7) is 5.11. The molecule has 0 radical (unpaired) electrons. The summed E-state index contributed by atoms with van der Waals surface area (Å²) >= 11 is 0. The lowest BCUT2D eigenvalue weighted by Crippen LogP contribution is -2.49. The van der Waals surface area contributed by atoms with Crippen molar-refractivity contribution in [2.75, 3.05) is 26.9 Å². The molecule has 2 heterocycles. The van der Waals surface area contributed by atoms with Crippen LogP contribution in [0.5, 0.6) is 5.88 Å². The first-order chi connectivity index (χ1) is 10.9. The Morgan fingerprint density at radius 1 is 1.43 bits per heavy atom. The van der Waals surface area contributed by atoms with Crippen molar-refractivity contribution < 1.29 is 22.6 Å². The van der Waals surface area contributed by atoms with Crippen LogP contribution in [0.25, 0.3) is 0 Å². The van der Waals surface area contributed by atoms with Crippen LogP contribution in [0.2, 0.25) is 0 Å². The Morgan fingerprint density at radius 2 is 2.22 bits per heavy atom. The summed E-state index contributed by atoms with van der Waals surface area (Å²) in [5.74, 6) is 0.400. The molecule has 1 N–H and O–H groups in total. The maximum absolute atomic E-state index is 12.6. The van der Waals surface area contributed by atoms with E-state index in [1.54, 1.807) is 13.2 Å². The Bertz CT molecular complexity index is 595. The molecule has 1 aliphatic rings. The highest BCUT2D eigenvalue weighted by Crippen LogP contribution is 2.25. The predicted molar refractivity (Wildman–Crippen MR) is 85.0 cm³/mol. The van der Waals surface area contributed by atoms with Gasteiger partial charge in [0.1, 0.15) is 4.90 Å². The van der Waals surface area contributed by atoms with Gasteiger partial charge in [-0.3, -0.25) is 0 Å². The maximum atomic E-state index is 12.6. The average Bonchev–Trinajstić information content (AvgIpc) is 2.93. The van der Waals surface area contributed by atoms with Crippen LogP contribution < -0.4 is 9.46 Å². The van der Waals surface area contributed by atoms with E-state index >= 15 is 0 Å². The van der Waals surface area contributed by atoms with Crippen molar-refractivity contribution in [3.05, 3.63) is 18.3 Å². The molecule has 1 saturated heterocycles. The maximum Gasteiger partial charge on any atom is 0.242 e. The molecule has 23 heavy (non-hydrogen) atoms. The molecule has 0 amide bonds. The Kier molecular flexibility index (Phi) is 5.96. The third kappa shape index (κ3) is 4.87. The molecule has 0 spiro atoms. The van der Waals surface area contributed by atoms with E-state index < -0.39 is 15.6 Å². The third-order valence-corrected chi connectivity index (χ3v) is 5.18. The second-order valence-electron chi connectivity index (χ2n) is 5.93.